The number of nitrogens with zero attached hydrogens (tertiary/aromatic N) is 3. The Kier molecular flexibility index (Phi) is 5.32. The second-order valence-corrected chi connectivity index (χ2v) is 12.0. The van der Waals surface area contributed by atoms with E-state index in [1.165, 1.54) is 10.8 Å². The summed E-state index contributed by atoms with van der Waals surface area (Å²) in [5, 5.41) is 17.5. The molecule has 4 heteroatoms. The quantitative estimate of drug-likeness (QED) is 0.203. The van der Waals surface area contributed by atoms with Crippen LogP contribution in [0.1, 0.15) is 5.56 Å². The molecule has 0 radical (unpaired) electrons. The van der Waals surface area contributed by atoms with Gasteiger partial charge in [0.15, 0.2) is 5.58 Å². The molecule has 10 aromatic rings. The number of benzene rings is 7. The van der Waals surface area contributed by atoms with Gasteiger partial charge in [-0.25, -0.2) is 0 Å². The summed E-state index contributed by atoms with van der Waals surface area (Å²) < 4.78 is 11.1. The van der Waals surface area contributed by atoms with E-state index < -0.39 is 0 Å². The van der Waals surface area contributed by atoms with Crippen molar-refractivity contribution in [3.63, 3.8) is 0 Å². The van der Waals surface area contributed by atoms with Gasteiger partial charge < -0.3 is 13.6 Å². The lowest BCUT2D eigenvalue weighted by Gasteiger charge is -2.16. The zero-order valence-corrected chi connectivity index (χ0v) is 25.2. The number of nitriles is 1. The summed E-state index contributed by atoms with van der Waals surface area (Å²) in [6.07, 6.45) is 0. The van der Waals surface area contributed by atoms with Crippen molar-refractivity contribution in [1.82, 2.24) is 9.13 Å². The molecule has 0 aliphatic rings. The number of hydrogen-bond donors (Lipinski definition) is 0. The normalized spacial score (nSPS) is 11.8. The Morgan fingerprint density at radius 2 is 1.04 bits per heavy atom. The molecule has 0 aliphatic carbocycles. The Balaban J connectivity index is 1.24. The first-order valence-electron chi connectivity index (χ1n) is 15.8. The minimum atomic E-state index is 0.610. The molecular formula is C43H25N3O. The molecule has 0 unspecified atom stereocenters. The lowest BCUT2D eigenvalue weighted by atomic mass is 9.97. The molecule has 3 aromatic heterocycles. The highest BCUT2D eigenvalue weighted by atomic mass is 16.3. The second-order valence-electron chi connectivity index (χ2n) is 12.0. The van der Waals surface area contributed by atoms with E-state index in [-0.39, 0.29) is 0 Å². The summed E-state index contributed by atoms with van der Waals surface area (Å²) in [4.78, 5) is 0. The summed E-state index contributed by atoms with van der Waals surface area (Å²) in [6.45, 7) is 0. The molecule has 10 rings (SSSR count). The molecule has 7 aromatic carbocycles. The first kappa shape index (κ1) is 25.7. The third-order valence-electron chi connectivity index (χ3n) is 9.58. The van der Waals surface area contributed by atoms with E-state index in [1.807, 2.05) is 30.3 Å². The Hall–Kier alpha value is -6.57. The summed E-state index contributed by atoms with van der Waals surface area (Å²) >= 11 is 0. The number of furan rings is 1. The first-order valence-corrected chi connectivity index (χ1v) is 15.8. The standard InChI is InChI=1S/C43H25N3O/c44-26-27-25-28(45-37-16-6-4-14-33(37)35-23-24-36-34-15-5-10-20-41(34)47-43(36)42(35)45)21-22-29(27)30-11-1-7-17-38(30)46-39-18-8-2-12-31(39)32-13-3-9-19-40(32)46/h1-25H. The van der Waals surface area contributed by atoms with Gasteiger partial charge in [0.05, 0.1) is 39.4 Å². The van der Waals surface area contributed by atoms with Gasteiger partial charge >= 0.3 is 0 Å². The van der Waals surface area contributed by atoms with Crippen LogP contribution in [0, 0.1) is 11.3 Å². The minimum Gasteiger partial charge on any atom is -0.454 e. The van der Waals surface area contributed by atoms with Crippen LogP contribution in [-0.2, 0) is 0 Å². The summed E-state index contributed by atoms with van der Waals surface area (Å²) in [7, 11) is 0. The van der Waals surface area contributed by atoms with E-state index >= 15 is 0 Å². The summed E-state index contributed by atoms with van der Waals surface area (Å²) in [5.41, 5.74) is 10.5. The van der Waals surface area contributed by atoms with E-state index in [0.717, 1.165) is 77.3 Å². The molecule has 0 aliphatic heterocycles. The van der Waals surface area contributed by atoms with Crippen molar-refractivity contribution in [2.75, 3.05) is 0 Å². The van der Waals surface area contributed by atoms with Crippen LogP contribution in [0.4, 0.5) is 0 Å². The van der Waals surface area contributed by atoms with Crippen molar-refractivity contribution in [1.29, 1.82) is 5.26 Å². The Morgan fingerprint density at radius 3 is 1.77 bits per heavy atom. The molecule has 0 N–H and O–H groups in total. The average Bonchev–Trinajstić information content (AvgIpc) is 3.79. The van der Waals surface area contributed by atoms with Crippen LogP contribution in [0.5, 0.6) is 0 Å². The van der Waals surface area contributed by atoms with Crippen LogP contribution < -0.4 is 0 Å². The summed E-state index contributed by atoms with van der Waals surface area (Å²) in [6, 6.07) is 55.2. The number of rotatable bonds is 3. The molecule has 0 amide bonds. The van der Waals surface area contributed by atoms with Crippen LogP contribution >= 0.6 is 0 Å². The number of hydrogen-bond acceptors (Lipinski definition) is 2. The van der Waals surface area contributed by atoms with Gasteiger partial charge in [-0.1, -0.05) is 103 Å². The number of aromatic nitrogens is 2. The van der Waals surface area contributed by atoms with Gasteiger partial charge in [-0.15, -0.1) is 0 Å². The molecular weight excluding hydrogens is 574 g/mol. The average molecular weight is 600 g/mol. The highest BCUT2D eigenvalue weighted by Gasteiger charge is 2.21. The topological polar surface area (TPSA) is 46.8 Å². The summed E-state index contributed by atoms with van der Waals surface area (Å²) in [5.74, 6) is 0. The Morgan fingerprint density at radius 1 is 0.468 bits per heavy atom. The second kappa shape index (κ2) is 9.71. The third kappa shape index (κ3) is 3.57. The lowest BCUT2D eigenvalue weighted by Crippen LogP contribution is -2.00. The zero-order valence-electron chi connectivity index (χ0n) is 25.2. The minimum absolute atomic E-state index is 0.610. The van der Waals surface area contributed by atoms with Crippen LogP contribution in [0.25, 0.3) is 88.1 Å². The van der Waals surface area contributed by atoms with Gasteiger partial charge in [-0.3, -0.25) is 0 Å². The zero-order chi connectivity index (χ0) is 31.1. The maximum atomic E-state index is 10.7. The number of fused-ring (bicyclic) bond motifs is 10. The Labute approximate surface area is 269 Å². The maximum Gasteiger partial charge on any atom is 0.160 e. The predicted molar refractivity (Wildman–Crippen MR) is 193 cm³/mol. The van der Waals surface area contributed by atoms with Crippen molar-refractivity contribution in [3.8, 4) is 28.6 Å². The van der Waals surface area contributed by atoms with Gasteiger partial charge in [-0.2, -0.15) is 5.26 Å². The van der Waals surface area contributed by atoms with Crippen LogP contribution in [0.2, 0.25) is 0 Å². The van der Waals surface area contributed by atoms with Gasteiger partial charge in [0.2, 0.25) is 0 Å². The molecule has 3 heterocycles. The smallest absolute Gasteiger partial charge is 0.160 e. The molecule has 0 saturated carbocycles. The molecule has 0 fully saturated rings. The third-order valence-corrected chi connectivity index (χ3v) is 9.58. The van der Waals surface area contributed by atoms with E-state index in [0.29, 0.717) is 5.56 Å². The van der Waals surface area contributed by atoms with Crippen molar-refractivity contribution in [2.24, 2.45) is 0 Å². The van der Waals surface area contributed by atoms with E-state index in [2.05, 4.69) is 137 Å². The molecule has 4 nitrogen and oxygen atoms in total. The largest absolute Gasteiger partial charge is 0.454 e. The predicted octanol–water partition coefficient (Wildman–Crippen LogP) is 11.3. The van der Waals surface area contributed by atoms with Gasteiger partial charge in [-0.05, 0) is 48.5 Å². The molecule has 0 saturated heterocycles. The van der Waals surface area contributed by atoms with Crippen molar-refractivity contribution in [3.05, 3.63) is 157 Å². The van der Waals surface area contributed by atoms with Crippen molar-refractivity contribution >= 4 is 65.6 Å². The monoisotopic (exact) mass is 599 g/mol. The SMILES string of the molecule is N#Cc1cc(-n2c3ccccc3c3ccc4c5ccccc5oc4c32)ccc1-c1ccccc1-n1c2ccccc2c2ccccc21. The van der Waals surface area contributed by atoms with Crippen molar-refractivity contribution < 1.29 is 4.42 Å². The fraction of sp³-hybridized carbons (Fsp3) is 0. The fourth-order valence-corrected chi connectivity index (χ4v) is 7.58. The molecule has 0 bridgehead atoms. The molecule has 218 valence electrons. The first-order chi connectivity index (χ1) is 23.3. The van der Waals surface area contributed by atoms with Crippen LogP contribution in [0.3, 0.4) is 0 Å². The highest BCUT2D eigenvalue weighted by Crippen LogP contribution is 2.42. The van der Waals surface area contributed by atoms with E-state index in [9.17, 15) is 5.26 Å². The highest BCUT2D eigenvalue weighted by molar-refractivity contribution is 6.21. The molecule has 0 atom stereocenters. The van der Waals surface area contributed by atoms with Gasteiger partial charge in [0.1, 0.15) is 5.58 Å². The molecule has 0 spiro atoms. The van der Waals surface area contributed by atoms with Crippen LogP contribution in [0.15, 0.2) is 156 Å². The maximum absolute atomic E-state index is 10.7. The Bertz CT molecular complexity index is 2880. The van der Waals surface area contributed by atoms with Crippen molar-refractivity contribution in [2.45, 2.75) is 0 Å². The van der Waals surface area contributed by atoms with Crippen LogP contribution in [-0.4, -0.2) is 9.13 Å². The fourth-order valence-electron chi connectivity index (χ4n) is 7.58. The molecule has 47 heavy (non-hydrogen) atoms. The van der Waals surface area contributed by atoms with E-state index in [1.54, 1.807) is 0 Å². The van der Waals surface area contributed by atoms with Gasteiger partial charge in [0, 0.05) is 49.1 Å². The van der Waals surface area contributed by atoms with Gasteiger partial charge in [0.25, 0.3) is 0 Å². The lowest BCUT2D eigenvalue weighted by molar-refractivity contribution is 0.671. The number of para-hydroxylation sites is 5. The van der Waals surface area contributed by atoms with E-state index in [4.69, 9.17) is 4.42 Å².